The Kier molecular flexibility index (Phi) is 4.94. The maximum absolute atomic E-state index is 12.1. The van der Waals surface area contributed by atoms with Gasteiger partial charge in [-0.2, -0.15) is 0 Å². The van der Waals surface area contributed by atoms with Crippen molar-refractivity contribution >= 4 is 10.0 Å². The summed E-state index contributed by atoms with van der Waals surface area (Å²) in [7, 11) is -3.61. The second-order valence-corrected chi connectivity index (χ2v) is 6.01. The fourth-order valence-corrected chi connectivity index (χ4v) is 2.65. The summed E-state index contributed by atoms with van der Waals surface area (Å²) >= 11 is 0. The standard InChI is InChI=1S/C14H18N2O3S/c1-2-15-11-13-8-9-14(19-13)20(17,18)16-10-12-6-4-3-5-7-12/h3-9,15-16H,2,10-11H2,1H3. The Morgan fingerprint density at radius 3 is 2.50 bits per heavy atom. The van der Waals surface area contributed by atoms with Gasteiger partial charge in [-0.05, 0) is 24.2 Å². The molecule has 2 rings (SSSR count). The van der Waals surface area contributed by atoms with Gasteiger partial charge in [-0.3, -0.25) is 0 Å². The van der Waals surface area contributed by atoms with E-state index in [0.717, 1.165) is 12.1 Å². The molecule has 0 radical (unpaired) electrons. The summed E-state index contributed by atoms with van der Waals surface area (Å²) in [6.07, 6.45) is 0. The van der Waals surface area contributed by atoms with Crippen LogP contribution in [0.1, 0.15) is 18.2 Å². The molecule has 0 aliphatic rings. The Morgan fingerprint density at radius 1 is 1.05 bits per heavy atom. The van der Waals surface area contributed by atoms with Crippen molar-refractivity contribution in [2.24, 2.45) is 0 Å². The lowest BCUT2D eigenvalue weighted by Crippen LogP contribution is -2.22. The van der Waals surface area contributed by atoms with E-state index in [9.17, 15) is 8.42 Å². The molecule has 6 heteroatoms. The van der Waals surface area contributed by atoms with E-state index in [1.54, 1.807) is 6.07 Å². The maximum atomic E-state index is 12.1. The highest BCUT2D eigenvalue weighted by Crippen LogP contribution is 2.14. The molecular formula is C14H18N2O3S. The van der Waals surface area contributed by atoms with Crippen LogP contribution in [0.2, 0.25) is 0 Å². The molecule has 0 aliphatic heterocycles. The molecule has 1 aromatic carbocycles. The monoisotopic (exact) mass is 294 g/mol. The van der Waals surface area contributed by atoms with Gasteiger partial charge in [0.2, 0.25) is 5.09 Å². The van der Waals surface area contributed by atoms with E-state index in [-0.39, 0.29) is 11.6 Å². The molecule has 0 atom stereocenters. The van der Waals surface area contributed by atoms with Crippen LogP contribution in [0.25, 0.3) is 0 Å². The van der Waals surface area contributed by atoms with Crippen LogP contribution in [0.15, 0.2) is 52.0 Å². The molecule has 0 saturated carbocycles. The summed E-state index contributed by atoms with van der Waals surface area (Å²) in [6.45, 7) is 3.54. The van der Waals surface area contributed by atoms with Crippen LogP contribution in [0.5, 0.6) is 0 Å². The van der Waals surface area contributed by atoms with Crippen LogP contribution in [-0.4, -0.2) is 15.0 Å². The van der Waals surface area contributed by atoms with Crippen molar-refractivity contribution < 1.29 is 12.8 Å². The smallest absolute Gasteiger partial charge is 0.274 e. The highest BCUT2D eigenvalue weighted by Gasteiger charge is 2.18. The number of benzene rings is 1. The SMILES string of the molecule is CCNCc1ccc(S(=O)(=O)NCc2ccccc2)o1. The summed E-state index contributed by atoms with van der Waals surface area (Å²) in [5, 5.41) is 3.02. The Bertz CT molecular complexity index is 635. The normalized spacial score (nSPS) is 11.7. The van der Waals surface area contributed by atoms with E-state index in [2.05, 4.69) is 10.0 Å². The fraction of sp³-hybridized carbons (Fsp3) is 0.286. The van der Waals surface area contributed by atoms with Crippen molar-refractivity contribution in [2.45, 2.75) is 25.1 Å². The molecule has 0 bridgehead atoms. The number of furan rings is 1. The second kappa shape index (κ2) is 6.69. The van der Waals surface area contributed by atoms with E-state index in [0.29, 0.717) is 12.3 Å². The van der Waals surface area contributed by atoms with Crippen LogP contribution >= 0.6 is 0 Å². The van der Waals surface area contributed by atoms with Crippen LogP contribution < -0.4 is 10.0 Å². The molecule has 0 aliphatic carbocycles. The number of hydrogen-bond donors (Lipinski definition) is 2. The minimum Gasteiger partial charge on any atom is -0.447 e. The number of hydrogen-bond acceptors (Lipinski definition) is 4. The first-order valence-corrected chi connectivity index (χ1v) is 7.93. The molecule has 0 amide bonds. The molecule has 2 N–H and O–H groups in total. The predicted octanol–water partition coefficient (Wildman–Crippen LogP) is 1.87. The lowest BCUT2D eigenvalue weighted by atomic mass is 10.2. The third-order valence-electron chi connectivity index (χ3n) is 2.76. The minimum atomic E-state index is -3.61. The molecule has 1 heterocycles. The number of rotatable bonds is 7. The molecule has 2 aromatic rings. The quantitative estimate of drug-likeness (QED) is 0.818. The lowest BCUT2D eigenvalue weighted by Gasteiger charge is -2.04. The van der Waals surface area contributed by atoms with Crippen molar-refractivity contribution in [2.75, 3.05) is 6.54 Å². The summed E-state index contributed by atoms with van der Waals surface area (Å²) in [6, 6.07) is 12.5. The Morgan fingerprint density at radius 2 is 1.80 bits per heavy atom. The third kappa shape index (κ3) is 3.93. The van der Waals surface area contributed by atoms with Crippen molar-refractivity contribution in [1.82, 2.24) is 10.0 Å². The third-order valence-corrected chi connectivity index (χ3v) is 4.03. The predicted molar refractivity (Wildman–Crippen MR) is 76.6 cm³/mol. The largest absolute Gasteiger partial charge is 0.447 e. The minimum absolute atomic E-state index is 0.0543. The van der Waals surface area contributed by atoms with Crippen molar-refractivity contribution in [3.63, 3.8) is 0 Å². The van der Waals surface area contributed by atoms with Gasteiger partial charge in [-0.25, -0.2) is 13.1 Å². The van der Waals surface area contributed by atoms with Crippen molar-refractivity contribution in [3.8, 4) is 0 Å². The molecule has 20 heavy (non-hydrogen) atoms. The van der Waals surface area contributed by atoms with Crippen LogP contribution in [0.3, 0.4) is 0 Å². The van der Waals surface area contributed by atoms with Gasteiger partial charge in [0.1, 0.15) is 5.76 Å². The average Bonchev–Trinajstić information content (AvgIpc) is 2.94. The van der Waals surface area contributed by atoms with E-state index in [1.165, 1.54) is 6.07 Å². The van der Waals surface area contributed by atoms with Crippen molar-refractivity contribution in [3.05, 3.63) is 53.8 Å². The topological polar surface area (TPSA) is 71.3 Å². The molecule has 5 nitrogen and oxygen atoms in total. The van der Waals surface area contributed by atoms with E-state index >= 15 is 0 Å². The lowest BCUT2D eigenvalue weighted by molar-refractivity contribution is 0.401. The molecule has 0 unspecified atom stereocenters. The highest BCUT2D eigenvalue weighted by molar-refractivity contribution is 7.89. The molecule has 0 saturated heterocycles. The average molecular weight is 294 g/mol. The molecular weight excluding hydrogens is 276 g/mol. The van der Waals surface area contributed by atoms with Crippen molar-refractivity contribution in [1.29, 1.82) is 0 Å². The fourth-order valence-electron chi connectivity index (χ4n) is 1.69. The highest BCUT2D eigenvalue weighted by atomic mass is 32.2. The van der Waals surface area contributed by atoms with E-state index in [4.69, 9.17) is 4.42 Å². The van der Waals surface area contributed by atoms with E-state index in [1.807, 2.05) is 37.3 Å². The zero-order valence-electron chi connectivity index (χ0n) is 11.3. The molecule has 0 spiro atoms. The first-order valence-electron chi connectivity index (χ1n) is 6.45. The Labute approximate surface area is 119 Å². The summed E-state index contributed by atoms with van der Waals surface area (Å²) in [4.78, 5) is 0. The van der Waals surface area contributed by atoms with Crippen LogP contribution in [0, 0.1) is 0 Å². The molecule has 108 valence electrons. The van der Waals surface area contributed by atoms with E-state index < -0.39 is 10.0 Å². The first kappa shape index (κ1) is 14.8. The molecule has 0 fully saturated rings. The van der Waals surface area contributed by atoms with Gasteiger partial charge in [0.15, 0.2) is 0 Å². The zero-order chi connectivity index (χ0) is 14.4. The Hall–Kier alpha value is -1.63. The maximum Gasteiger partial charge on any atom is 0.274 e. The van der Waals surface area contributed by atoms with Crippen LogP contribution in [0.4, 0.5) is 0 Å². The van der Waals surface area contributed by atoms with Gasteiger partial charge in [-0.15, -0.1) is 0 Å². The van der Waals surface area contributed by atoms with Gasteiger partial charge >= 0.3 is 0 Å². The summed E-state index contributed by atoms with van der Waals surface area (Å²) in [5.74, 6) is 0.604. The van der Waals surface area contributed by atoms with Gasteiger partial charge in [0, 0.05) is 6.54 Å². The Balaban J connectivity index is 2.01. The number of sulfonamides is 1. The van der Waals surface area contributed by atoms with Gasteiger partial charge in [0.05, 0.1) is 6.54 Å². The first-order chi connectivity index (χ1) is 9.62. The molecule has 1 aromatic heterocycles. The van der Waals surface area contributed by atoms with Gasteiger partial charge in [-0.1, -0.05) is 37.3 Å². The number of nitrogens with one attached hydrogen (secondary N) is 2. The summed E-state index contributed by atoms with van der Waals surface area (Å²) in [5.41, 5.74) is 0.899. The second-order valence-electron chi connectivity index (χ2n) is 4.31. The van der Waals surface area contributed by atoms with Crippen LogP contribution in [-0.2, 0) is 23.1 Å². The summed E-state index contributed by atoms with van der Waals surface area (Å²) < 4.78 is 32.0. The zero-order valence-corrected chi connectivity index (χ0v) is 12.1. The van der Waals surface area contributed by atoms with Gasteiger partial charge in [0.25, 0.3) is 10.0 Å². The van der Waals surface area contributed by atoms with Gasteiger partial charge < -0.3 is 9.73 Å².